The molecular weight excluding hydrogens is 378 g/mol. The standard InChI is InChI=1S/C25H27NO4/c1-3-29-21-16-10-11-17-22(21)30-24(20-14-8-5-9-15-20)23(27)25(28)26-18(2)19-12-6-4-7-13-19/h4-18,23-24,27H,3H2,1-2H3,(H,26,28)/t18-,23-,24-/m0/s1. The van der Waals surface area contributed by atoms with Crippen molar-refractivity contribution in [3.8, 4) is 11.5 Å². The molecule has 0 saturated carbocycles. The zero-order valence-corrected chi connectivity index (χ0v) is 17.2. The summed E-state index contributed by atoms with van der Waals surface area (Å²) in [6.07, 6.45) is -2.30. The second-order valence-electron chi connectivity index (χ2n) is 6.91. The molecule has 0 bridgehead atoms. The molecular formula is C25H27NO4. The molecule has 3 rings (SSSR count). The van der Waals surface area contributed by atoms with Gasteiger partial charge in [-0.1, -0.05) is 72.8 Å². The summed E-state index contributed by atoms with van der Waals surface area (Å²) in [4.78, 5) is 12.9. The van der Waals surface area contributed by atoms with Crippen LogP contribution >= 0.6 is 0 Å². The van der Waals surface area contributed by atoms with Crippen LogP contribution < -0.4 is 14.8 Å². The molecule has 30 heavy (non-hydrogen) atoms. The minimum absolute atomic E-state index is 0.250. The van der Waals surface area contributed by atoms with Gasteiger partial charge in [-0.15, -0.1) is 0 Å². The maximum Gasteiger partial charge on any atom is 0.253 e. The Bertz CT molecular complexity index is 930. The fraction of sp³-hybridized carbons (Fsp3) is 0.240. The molecule has 0 heterocycles. The van der Waals surface area contributed by atoms with Gasteiger partial charge in [-0.3, -0.25) is 4.79 Å². The van der Waals surface area contributed by atoms with E-state index in [1.165, 1.54) is 0 Å². The van der Waals surface area contributed by atoms with Gasteiger partial charge in [0.15, 0.2) is 23.7 Å². The Balaban J connectivity index is 1.83. The zero-order chi connectivity index (χ0) is 21.3. The van der Waals surface area contributed by atoms with Crippen LogP contribution in [-0.2, 0) is 4.79 Å². The van der Waals surface area contributed by atoms with E-state index in [-0.39, 0.29) is 6.04 Å². The first kappa shape index (κ1) is 21.4. The van der Waals surface area contributed by atoms with Gasteiger partial charge < -0.3 is 19.9 Å². The van der Waals surface area contributed by atoms with Crippen molar-refractivity contribution in [1.82, 2.24) is 5.32 Å². The summed E-state index contributed by atoms with van der Waals surface area (Å²) < 4.78 is 11.7. The van der Waals surface area contributed by atoms with Gasteiger partial charge in [-0.05, 0) is 37.1 Å². The lowest BCUT2D eigenvalue weighted by Gasteiger charge is -2.26. The predicted octanol–water partition coefficient (Wildman–Crippen LogP) is 4.44. The molecule has 5 nitrogen and oxygen atoms in total. The number of rotatable bonds is 9. The number of carbonyl (C=O) groups is 1. The van der Waals surface area contributed by atoms with Crippen molar-refractivity contribution in [2.45, 2.75) is 32.1 Å². The summed E-state index contributed by atoms with van der Waals surface area (Å²) in [6, 6.07) is 25.8. The van der Waals surface area contributed by atoms with Crippen LogP contribution in [0.1, 0.15) is 37.1 Å². The van der Waals surface area contributed by atoms with Crippen LogP contribution in [-0.4, -0.2) is 23.7 Å². The van der Waals surface area contributed by atoms with E-state index in [0.29, 0.717) is 23.7 Å². The van der Waals surface area contributed by atoms with Crippen molar-refractivity contribution in [3.63, 3.8) is 0 Å². The van der Waals surface area contributed by atoms with E-state index in [1.54, 1.807) is 12.1 Å². The molecule has 5 heteroatoms. The number of benzene rings is 3. The highest BCUT2D eigenvalue weighted by Gasteiger charge is 2.31. The molecule has 0 aromatic heterocycles. The van der Waals surface area contributed by atoms with E-state index in [4.69, 9.17) is 9.47 Å². The second-order valence-corrected chi connectivity index (χ2v) is 6.91. The molecule has 0 aliphatic carbocycles. The van der Waals surface area contributed by atoms with Gasteiger partial charge in [0.2, 0.25) is 0 Å². The van der Waals surface area contributed by atoms with Crippen molar-refractivity contribution in [2.24, 2.45) is 0 Å². The molecule has 156 valence electrons. The normalized spacial score (nSPS) is 13.7. The number of amides is 1. The summed E-state index contributed by atoms with van der Waals surface area (Å²) in [5.74, 6) is 0.524. The molecule has 3 aromatic carbocycles. The third kappa shape index (κ3) is 5.39. The van der Waals surface area contributed by atoms with E-state index in [2.05, 4.69) is 5.32 Å². The lowest BCUT2D eigenvalue weighted by molar-refractivity contribution is -0.135. The third-order valence-corrected chi connectivity index (χ3v) is 4.74. The first-order chi connectivity index (χ1) is 14.6. The van der Waals surface area contributed by atoms with Crippen molar-refractivity contribution in [2.75, 3.05) is 6.61 Å². The monoisotopic (exact) mass is 405 g/mol. The summed E-state index contributed by atoms with van der Waals surface area (Å²) in [5.41, 5.74) is 1.65. The SMILES string of the molecule is CCOc1ccccc1O[C@@H](c1ccccc1)[C@H](O)C(=O)N[C@@H](C)c1ccccc1. The molecule has 0 radical (unpaired) electrons. The van der Waals surface area contributed by atoms with E-state index in [9.17, 15) is 9.90 Å². The average molecular weight is 405 g/mol. The molecule has 0 fully saturated rings. The molecule has 3 aromatic rings. The van der Waals surface area contributed by atoms with Crippen LogP contribution in [0, 0.1) is 0 Å². The van der Waals surface area contributed by atoms with Crippen LogP contribution in [0.25, 0.3) is 0 Å². The molecule has 0 aliphatic rings. The lowest BCUT2D eigenvalue weighted by atomic mass is 10.0. The van der Waals surface area contributed by atoms with Crippen molar-refractivity contribution in [1.29, 1.82) is 0 Å². The van der Waals surface area contributed by atoms with Gasteiger partial charge in [-0.2, -0.15) is 0 Å². The van der Waals surface area contributed by atoms with Crippen molar-refractivity contribution < 1.29 is 19.4 Å². The highest BCUT2D eigenvalue weighted by atomic mass is 16.5. The van der Waals surface area contributed by atoms with E-state index in [0.717, 1.165) is 5.56 Å². The Morgan fingerprint density at radius 2 is 1.40 bits per heavy atom. The van der Waals surface area contributed by atoms with Gasteiger partial charge in [0.1, 0.15) is 0 Å². The van der Waals surface area contributed by atoms with Crippen LogP contribution in [0.3, 0.4) is 0 Å². The summed E-state index contributed by atoms with van der Waals surface area (Å²) in [5, 5.41) is 13.8. The number of hydrogen-bond acceptors (Lipinski definition) is 4. The number of hydrogen-bond donors (Lipinski definition) is 2. The van der Waals surface area contributed by atoms with Crippen LogP contribution in [0.4, 0.5) is 0 Å². The molecule has 1 amide bonds. The zero-order valence-electron chi connectivity index (χ0n) is 17.2. The first-order valence-corrected chi connectivity index (χ1v) is 10.1. The fourth-order valence-electron chi connectivity index (χ4n) is 3.18. The van der Waals surface area contributed by atoms with Crippen LogP contribution in [0.15, 0.2) is 84.9 Å². The number of carbonyl (C=O) groups excluding carboxylic acids is 1. The van der Waals surface area contributed by atoms with E-state index >= 15 is 0 Å². The molecule has 3 atom stereocenters. The Morgan fingerprint density at radius 3 is 2.00 bits per heavy atom. The summed E-state index contributed by atoms with van der Waals surface area (Å²) >= 11 is 0. The second kappa shape index (κ2) is 10.5. The van der Waals surface area contributed by atoms with Crippen LogP contribution in [0.5, 0.6) is 11.5 Å². The molecule has 0 saturated heterocycles. The highest BCUT2D eigenvalue weighted by Crippen LogP contribution is 2.32. The molecule has 0 unspecified atom stereocenters. The predicted molar refractivity (Wildman–Crippen MR) is 116 cm³/mol. The average Bonchev–Trinajstić information content (AvgIpc) is 2.79. The van der Waals surface area contributed by atoms with Crippen LogP contribution in [0.2, 0.25) is 0 Å². The van der Waals surface area contributed by atoms with Gasteiger partial charge in [0.05, 0.1) is 12.6 Å². The topological polar surface area (TPSA) is 67.8 Å². The smallest absolute Gasteiger partial charge is 0.253 e. The van der Waals surface area contributed by atoms with Crippen molar-refractivity contribution >= 4 is 5.91 Å². The maximum atomic E-state index is 12.9. The van der Waals surface area contributed by atoms with Crippen molar-refractivity contribution in [3.05, 3.63) is 96.1 Å². The minimum Gasteiger partial charge on any atom is -0.490 e. The van der Waals surface area contributed by atoms with E-state index in [1.807, 2.05) is 86.6 Å². The quantitative estimate of drug-likeness (QED) is 0.552. The number of para-hydroxylation sites is 2. The Kier molecular flexibility index (Phi) is 7.46. The van der Waals surface area contributed by atoms with Gasteiger partial charge in [0.25, 0.3) is 5.91 Å². The lowest BCUT2D eigenvalue weighted by Crippen LogP contribution is -2.41. The molecule has 0 aliphatic heterocycles. The summed E-state index contributed by atoms with van der Waals surface area (Å²) in [6.45, 7) is 4.25. The van der Waals surface area contributed by atoms with Gasteiger partial charge in [-0.25, -0.2) is 0 Å². The number of nitrogens with one attached hydrogen (secondary N) is 1. The largest absolute Gasteiger partial charge is 0.490 e. The Hall–Kier alpha value is -3.31. The minimum atomic E-state index is -1.41. The number of aliphatic hydroxyl groups is 1. The Labute approximate surface area is 177 Å². The first-order valence-electron chi connectivity index (χ1n) is 10.1. The van der Waals surface area contributed by atoms with E-state index < -0.39 is 18.1 Å². The number of ether oxygens (including phenoxy) is 2. The third-order valence-electron chi connectivity index (χ3n) is 4.74. The summed E-state index contributed by atoms with van der Waals surface area (Å²) in [7, 11) is 0. The molecule has 0 spiro atoms. The highest BCUT2D eigenvalue weighted by molar-refractivity contribution is 5.82. The molecule has 2 N–H and O–H groups in total. The maximum absolute atomic E-state index is 12.9. The fourth-order valence-corrected chi connectivity index (χ4v) is 3.18. The Morgan fingerprint density at radius 1 is 0.867 bits per heavy atom. The van der Waals surface area contributed by atoms with Gasteiger partial charge >= 0.3 is 0 Å². The van der Waals surface area contributed by atoms with Gasteiger partial charge in [0, 0.05) is 0 Å². The number of aliphatic hydroxyl groups excluding tert-OH is 1.